The number of aromatic nitrogens is 4. The van der Waals surface area contributed by atoms with E-state index >= 15 is 0 Å². The molecule has 1 radical (unpaired) electrons. The predicted molar refractivity (Wildman–Crippen MR) is 74.4 cm³/mol. The van der Waals surface area contributed by atoms with Gasteiger partial charge in [-0.15, -0.1) is 0 Å². The molecule has 0 aliphatic carbocycles. The molecule has 0 aliphatic heterocycles. The van der Waals surface area contributed by atoms with Crippen LogP contribution in [0.2, 0.25) is 0 Å². The van der Waals surface area contributed by atoms with Gasteiger partial charge in [-0.1, -0.05) is 13.3 Å². The molecule has 0 aromatic carbocycles. The van der Waals surface area contributed by atoms with Crippen molar-refractivity contribution >= 4 is 17.6 Å². The second kappa shape index (κ2) is 6.31. The molecule has 0 amide bonds. The molecule has 0 saturated carbocycles. The van der Waals surface area contributed by atoms with Crippen molar-refractivity contribution < 1.29 is 9.53 Å². The van der Waals surface area contributed by atoms with Gasteiger partial charge in [0, 0.05) is 14.1 Å². The van der Waals surface area contributed by atoms with Gasteiger partial charge < -0.3 is 9.75 Å². The molecule has 7 nitrogen and oxygen atoms in total. The third-order valence-electron chi connectivity index (χ3n) is 3.04. The largest absolute Gasteiger partial charge is 0.446 e. The van der Waals surface area contributed by atoms with Crippen molar-refractivity contribution in [2.24, 2.45) is 0 Å². The summed E-state index contributed by atoms with van der Waals surface area (Å²) in [5.74, 6) is 0.641. The zero-order chi connectivity index (χ0) is 14.5. The quantitative estimate of drug-likeness (QED) is 0.759. The summed E-state index contributed by atoms with van der Waals surface area (Å²) < 4.78 is 6.94. The van der Waals surface area contributed by atoms with Crippen molar-refractivity contribution in [3.8, 4) is 0 Å². The van der Waals surface area contributed by atoms with E-state index in [4.69, 9.17) is 4.74 Å². The summed E-state index contributed by atoms with van der Waals surface area (Å²) in [5, 5.41) is 1.86. The fraction of sp³-hybridized carbons (Fsp3) is 0.538. The van der Waals surface area contributed by atoms with Gasteiger partial charge in [-0.3, -0.25) is 0 Å². The van der Waals surface area contributed by atoms with Crippen molar-refractivity contribution in [3.63, 3.8) is 0 Å². The third kappa shape index (κ3) is 2.71. The van der Waals surface area contributed by atoms with Gasteiger partial charge in [0.15, 0.2) is 17.6 Å². The summed E-state index contributed by atoms with van der Waals surface area (Å²) in [4.78, 5) is 23.3. The highest BCUT2D eigenvalue weighted by Gasteiger charge is 2.23. The average Bonchev–Trinajstić information content (AvgIpc) is 2.82. The van der Waals surface area contributed by atoms with E-state index in [1.165, 1.54) is 12.8 Å². The van der Waals surface area contributed by atoms with E-state index in [0.29, 0.717) is 17.9 Å². The topological polar surface area (TPSA) is 73.1 Å². The van der Waals surface area contributed by atoms with E-state index in [-0.39, 0.29) is 0 Å². The minimum Gasteiger partial charge on any atom is -0.446 e. The maximum Gasteiger partial charge on any atom is 0.418 e. The Morgan fingerprint density at radius 3 is 2.95 bits per heavy atom. The Kier molecular flexibility index (Phi) is 4.49. The minimum atomic E-state index is -0.427. The van der Waals surface area contributed by atoms with Gasteiger partial charge in [-0.05, 0) is 12.8 Å². The van der Waals surface area contributed by atoms with Gasteiger partial charge in [-0.25, -0.2) is 24.4 Å². The summed E-state index contributed by atoms with van der Waals surface area (Å²) >= 11 is 0. The monoisotopic (exact) mass is 276 g/mol. The first-order chi connectivity index (χ1) is 9.69. The van der Waals surface area contributed by atoms with E-state index in [2.05, 4.69) is 21.9 Å². The molecule has 2 rings (SSSR count). The highest BCUT2D eigenvalue weighted by Crippen LogP contribution is 2.25. The Bertz CT molecular complexity index is 581. The van der Waals surface area contributed by atoms with Crippen LogP contribution in [-0.4, -0.2) is 40.2 Å². The first-order valence-electron chi connectivity index (χ1n) is 6.57. The summed E-state index contributed by atoms with van der Waals surface area (Å²) in [6, 6.07) is 0. The molecular formula is C13H18N5O2. The van der Waals surface area contributed by atoms with E-state index in [1.54, 1.807) is 6.20 Å². The average molecular weight is 276 g/mol. The second-order valence-electron chi connectivity index (χ2n) is 4.69. The number of nitrogens with zero attached hydrogens (tertiary/aromatic N) is 5. The second-order valence-corrected chi connectivity index (χ2v) is 4.69. The zero-order valence-electron chi connectivity index (χ0n) is 11.9. The van der Waals surface area contributed by atoms with Gasteiger partial charge in [0.1, 0.15) is 11.8 Å². The van der Waals surface area contributed by atoms with Crippen molar-refractivity contribution in [1.29, 1.82) is 0 Å². The molecule has 2 aromatic rings. The molecule has 20 heavy (non-hydrogen) atoms. The summed E-state index contributed by atoms with van der Waals surface area (Å²) in [6.07, 6.45) is 5.38. The van der Waals surface area contributed by atoms with Crippen LogP contribution in [0.25, 0.3) is 11.2 Å². The lowest BCUT2D eigenvalue weighted by atomic mass is 10.1. The number of hydrogen-bond acceptors (Lipinski definition) is 6. The molecule has 0 aliphatic rings. The number of imidazole rings is 1. The Morgan fingerprint density at radius 1 is 1.50 bits per heavy atom. The SMILES string of the molecule is CCCCC(O[C]=O)c1nc2ncncc2n1N(C)C. The predicted octanol–water partition coefficient (Wildman–Crippen LogP) is 1.34. The summed E-state index contributed by atoms with van der Waals surface area (Å²) in [5.41, 5.74) is 1.36. The molecule has 0 fully saturated rings. The van der Waals surface area contributed by atoms with Gasteiger partial charge in [0.25, 0.3) is 0 Å². The molecule has 2 aromatic heterocycles. The summed E-state index contributed by atoms with van der Waals surface area (Å²) in [6.45, 7) is 3.61. The first kappa shape index (κ1) is 14.2. The van der Waals surface area contributed by atoms with E-state index in [9.17, 15) is 4.79 Å². The van der Waals surface area contributed by atoms with E-state index < -0.39 is 6.10 Å². The first-order valence-corrected chi connectivity index (χ1v) is 6.57. The fourth-order valence-electron chi connectivity index (χ4n) is 2.15. The molecule has 7 heteroatoms. The highest BCUT2D eigenvalue weighted by atomic mass is 16.5. The normalized spacial score (nSPS) is 12.3. The van der Waals surface area contributed by atoms with Crippen LogP contribution in [0.15, 0.2) is 12.5 Å². The molecule has 1 atom stereocenters. The van der Waals surface area contributed by atoms with Crippen LogP contribution in [0.4, 0.5) is 0 Å². The molecule has 0 N–H and O–H groups in total. The smallest absolute Gasteiger partial charge is 0.418 e. The van der Waals surface area contributed by atoms with Crippen LogP contribution >= 0.6 is 0 Å². The Morgan fingerprint density at radius 2 is 2.30 bits per heavy atom. The summed E-state index contributed by atoms with van der Waals surface area (Å²) in [7, 11) is 3.78. The number of carbonyl (C=O) groups excluding carboxylic acids is 1. The van der Waals surface area contributed by atoms with Crippen molar-refractivity contribution in [2.75, 3.05) is 19.1 Å². The minimum absolute atomic E-state index is 0.427. The van der Waals surface area contributed by atoms with Crippen molar-refractivity contribution in [2.45, 2.75) is 32.3 Å². The fourth-order valence-corrected chi connectivity index (χ4v) is 2.15. The third-order valence-corrected chi connectivity index (χ3v) is 3.04. The number of hydrogen-bond donors (Lipinski definition) is 0. The Labute approximate surface area is 117 Å². The maximum atomic E-state index is 10.6. The lowest BCUT2D eigenvalue weighted by Gasteiger charge is -2.21. The van der Waals surface area contributed by atoms with Crippen LogP contribution in [-0.2, 0) is 9.53 Å². The van der Waals surface area contributed by atoms with Crippen LogP contribution in [0.5, 0.6) is 0 Å². The molecule has 2 heterocycles. The number of ether oxygens (including phenoxy) is 1. The van der Waals surface area contributed by atoms with Crippen LogP contribution in [0, 0.1) is 0 Å². The van der Waals surface area contributed by atoms with Crippen LogP contribution < -0.4 is 5.01 Å². The number of unbranched alkanes of at least 4 members (excludes halogenated alkanes) is 1. The molecule has 1 unspecified atom stereocenters. The molecule has 0 spiro atoms. The van der Waals surface area contributed by atoms with E-state index in [1.807, 2.05) is 23.8 Å². The maximum absolute atomic E-state index is 10.6. The Balaban J connectivity index is 2.49. The van der Waals surface area contributed by atoms with Crippen LogP contribution in [0.3, 0.4) is 0 Å². The van der Waals surface area contributed by atoms with Crippen LogP contribution in [0.1, 0.15) is 38.1 Å². The number of fused-ring (bicyclic) bond motifs is 1. The van der Waals surface area contributed by atoms with Gasteiger partial charge in [0.2, 0.25) is 0 Å². The molecule has 0 bridgehead atoms. The number of rotatable bonds is 7. The van der Waals surface area contributed by atoms with Gasteiger partial charge >= 0.3 is 6.47 Å². The van der Waals surface area contributed by atoms with Gasteiger partial charge in [-0.2, -0.15) is 0 Å². The van der Waals surface area contributed by atoms with Crippen molar-refractivity contribution in [3.05, 3.63) is 18.3 Å². The molecular weight excluding hydrogens is 258 g/mol. The molecule has 0 saturated heterocycles. The van der Waals surface area contributed by atoms with E-state index in [0.717, 1.165) is 18.4 Å². The standard InChI is InChI=1S/C13H18N5O2/c1-4-5-6-11(20-9-19)13-16-12-10(7-14-8-15-12)18(13)17(2)3/h7-8,11H,4-6H2,1-3H3. The zero-order valence-corrected chi connectivity index (χ0v) is 11.9. The Hall–Kier alpha value is -2.18. The van der Waals surface area contributed by atoms with Crippen molar-refractivity contribution in [1.82, 2.24) is 19.6 Å². The molecule has 107 valence electrons. The van der Waals surface area contributed by atoms with Gasteiger partial charge in [0.05, 0.1) is 6.20 Å². The lowest BCUT2D eigenvalue weighted by Crippen LogP contribution is -2.28. The highest BCUT2D eigenvalue weighted by molar-refractivity contribution is 5.70. The lowest BCUT2D eigenvalue weighted by molar-refractivity contribution is 0.154.